The largest absolute Gasteiger partial charge is 0.384 e. The lowest BCUT2D eigenvalue weighted by Gasteiger charge is -2.04. The number of anilines is 1. The van der Waals surface area contributed by atoms with E-state index in [0.717, 1.165) is 11.1 Å². The van der Waals surface area contributed by atoms with Crippen LogP contribution in [0.3, 0.4) is 0 Å². The summed E-state index contributed by atoms with van der Waals surface area (Å²) >= 11 is 0. The van der Waals surface area contributed by atoms with E-state index < -0.39 is 0 Å². The van der Waals surface area contributed by atoms with Crippen LogP contribution < -0.4 is 5.73 Å². The summed E-state index contributed by atoms with van der Waals surface area (Å²) in [5.41, 5.74) is 7.82. The molecule has 0 aliphatic rings. The molecule has 0 saturated heterocycles. The molecule has 0 amide bonds. The molecule has 1 heterocycles. The molecule has 2 N–H and O–H groups in total. The Morgan fingerprint density at radius 3 is 2.75 bits per heavy atom. The highest BCUT2D eigenvalue weighted by atomic mass is 15.3. The third-order valence-electron chi connectivity index (χ3n) is 2.40. The summed E-state index contributed by atoms with van der Waals surface area (Å²) < 4.78 is 1.71. The molecular weight excluding hydrogens is 200 g/mol. The van der Waals surface area contributed by atoms with Crippen molar-refractivity contribution in [2.75, 3.05) is 5.73 Å². The van der Waals surface area contributed by atoms with E-state index >= 15 is 0 Å². The van der Waals surface area contributed by atoms with Gasteiger partial charge in [0.2, 0.25) is 0 Å². The van der Waals surface area contributed by atoms with Crippen molar-refractivity contribution in [2.24, 2.45) is 0 Å². The number of rotatable bonds is 3. The second-order valence-electron chi connectivity index (χ2n) is 3.53. The van der Waals surface area contributed by atoms with E-state index in [1.807, 2.05) is 30.3 Å². The molecule has 1 aromatic heterocycles. The Morgan fingerprint density at radius 2 is 2.06 bits per heavy atom. The number of benzene rings is 1. The molecule has 4 nitrogen and oxygen atoms in total. The van der Waals surface area contributed by atoms with E-state index in [1.54, 1.807) is 10.9 Å². The van der Waals surface area contributed by atoms with Gasteiger partial charge in [-0.1, -0.05) is 30.3 Å². The van der Waals surface area contributed by atoms with Gasteiger partial charge in [0.1, 0.15) is 5.82 Å². The number of aromatic nitrogens is 2. The van der Waals surface area contributed by atoms with Gasteiger partial charge in [0.15, 0.2) is 0 Å². The average molecular weight is 212 g/mol. The molecule has 0 aliphatic heterocycles. The molecule has 0 aliphatic carbocycles. The van der Waals surface area contributed by atoms with Crippen LogP contribution in [0.25, 0.3) is 0 Å². The molecule has 4 heteroatoms. The van der Waals surface area contributed by atoms with E-state index in [1.165, 1.54) is 0 Å². The first kappa shape index (κ1) is 10.2. The maximum atomic E-state index is 8.60. The lowest BCUT2D eigenvalue weighted by molar-refractivity contribution is 0.697. The van der Waals surface area contributed by atoms with Crippen LogP contribution in [0.1, 0.15) is 11.1 Å². The van der Waals surface area contributed by atoms with Crippen LogP contribution in [0.2, 0.25) is 0 Å². The SMILES string of the molecule is N#CCc1cnn(Cc2ccccc2)c1N. The summed E-state index contributed by atoms with van der Waals surface area (Å²) in [6.07, 6.45) is 1.96. The maximum Gasteiger partial charge on any atom is 0.126 e. The predicted molar refractivity (Wildman–Crippen MR) is 61.5 cm³/mol. The van der Waals surface area contributed by atoms with Gasteiger partial charge in [0.25, 0.3) is 0 Å². The number of nitrogen functional groups attached to an aromatic ring is 1. The average Bonchev–Trinajstić information content (AvgIpc) is 2.64. The first-order valence-corrected chi connectivity index (χ1v) is 5.02. The zero-order chi connectivity index (χ0) is 11.4. The fourth-order valence-corrected chi connectivity index (χ4v) is 1.54. The van der Waals surface area contributed by atoms with Crippen molar-refractivity contribution in [3.63, 3.8) is 0 Å². The van der Waals surface area contributed by atoms with E-state index in [-0.39, 0.29) is 0 Å². The highest BCUT2D eigenvalue weighted by Gasteiger charge is 2.06. The minimum atomic E-state index is 0.306. The molecule has 2 aromatic rings. The Balaban J connectivity index is 2.20. The summed E-state index contributed by atoms with van der Waals surface area (Å²) in [4.78, 5) is 0. The van der Waals surface area contributed by atoms with Crippen LogP contribution in [-0.2, 0) is 13.0 Å². The normalized spacial score (nSPS) is 9.94. The second-order valence-corrected chi connectivity index (χ2v) is 3.53. The minimum Gasteiger partial charge on any atom is -0.384 e. The van der Waals surface area contributed by atoms with Crippen LogP contribution in [0.4, 0.5) is 5.82 Å². The number of hydrogen-bond acceptors (Lipinski definition) is 3. The van der Waals surface area contributed by atoms with Gasteiger partial charge in [0, 0.05) is 5.56 Å². The van der Waals surface area contributed by atoms with Gasteiger partial charge >= 0.3 is 0 Å². The summed E-state index contributed by atoms with van der Waals surface area (Å²) in [6, 6.07) is 12.0. The number of nitriles is 1. The lowest BCUT2D eigenvalue weighted by Crippen LogP contribution is -2.06. The van der Waals surface area contributed by atoms with Gasteiger partial charge in [-0.15, -0.1) is 0 Å². The van der Waals surface area contributed by atoms with Crippen LogP contribution in [0.15, 0.2) is 36.5 Å². The van der Waals surface area contributed by atoms with Crippen molar-refractivity contribution in [3.05, 3.63) is 47.7 Å². The monoisotopic (exact) mass is 212 g/mol. The number of nitrogens with zero attached hydrogens (tertiary/aromatic N) is 3. The molecular formula is C12H12N4. The van der Waals surface area contributed by atoms with Gasteiger partial charge in [-0.25, -0.2) is 4.68 Å². The first-order chi connectivity index (χ1) is 7.81. The number of nitrogens with two attached hydrogens (primary N) is 1. The summed E-state index contributed by atoms with van der Waals surface area (Å²) in [5.74, 6) is 0.574. The van der Waals surface area contributed by atoms with Gasteiger partial charge in [-0.3, -0.25) is 0 Å². The predicted octanol–water partition coefficient (Wildman–Crippen LogP) is 1.58. The topological polar surface area (TPSA) is 67.6 Å². The molecule has 0 spiro atoms. The summed E-state index contributed by atoms with van der Waals surface area (Å²) in [5, 5.41) is 12.8. The molecule has 0 radical (unpaired) electrons. The van der Waals surface area contributed by atoms with Crippen molar-refractivity contribution in [3.8, 4) is 6.07 Å². The summed E-state index contributed by atoms with van der Waals surface area (Å²) in [7, 11) is 0. The van der Waals surface area contributed by atoms with Crippen LogP contribution in [-0.4, -0.2) is 9.78 Å². The Bertz CT molecular complexity index is 508. The second kappa shape index (κ2) is 4.49. The maximum absolute atomic E-state index is 8.60. The van der Waals surface area contributed by atoms with Crippen LogP contribution >= 0.6 is 0 Å². The molecule has 0 saturated carbocycles. The van der Waals surface area contributed by atoms with Crippen molar-refractivity contribution >= 4 is 5.82 Å². The zero-order valence-electron chi connectivity index (χ0n) is 8.80. The Hall–Kier alpha value is -2.28. The molecule has 0 atom stereocenters. The van der Waals surface area contributed by atoms with E-state index in [2.05, 4.69) is 11.2 Å². The Labute approximate surface area is 93.9 Å². The standard InChI is InChI=1S/C12H12N4/c13-7-6-11-8-15-16(12(11)14)9-10-4-2-1-3-5-10/h1-5,8H,6,9,14H2. The van der Waals surface area contributed by atoms with E-state index in [9.17, 15) is 0 Å². The molecule has 2 rings (SSSR count). The third kappa shape index (κ3) is 2.04. The molecule has 0 fully saturated rings. The Kier molecular flexibility index (Phi) is 2.88. The smallest absolute Gasteiger partial charge is 0.126 e. The molecule has 1 aromatic carbocycles. The minimum absolute atomic E-state index is 0.306. The highest BCUT2D eigenvalue weighted by Crippen LogP contribution is 2.13. The fraction of sp³-hybridized carbons (Fsp3) is 0.167. The van der Waals surface area contributed by atoms with Gasteiger partial charge in [0.05, 0.1) is 25.2 Å². The van der Waals surface area contributed by atoms with Crippen molar-refractivity contribution in [1.29, 1.82) is 5.26 Å². The molecule has 0 bridgehead atoms. The quantitative estimate of drug-likeness (QED) is 0.839. The van der Waals surface area contributed by atoms with Gasteiger partial charge < -0.3 is 5.73 Å². The third-order valence-corrected chi connectivity index (χ3v) is 2.40. The summed E-state index contributed by atoms with van der Waals surface area (Å²) in [6.45, 7) is 0.637. The van der Waals surface area contributed by atoms with Crippen molar-refractivity contribution in [1.82, 2.24) is 9.78 Å². The lowest BCUT2D eigenvalue weighted by atomic mass is 10.2. The highest BCUT2D eigenvalue weighted by molar-refractivity contribution is 5.40. The van der Waals surface area contributed by atoms with Gasteiger partial charge in [-0.2, -0.15) is 10.4 Å². The number of hydrogen-bond donors (Lipinski definition) is 1. The first-order valence-electron chi connectivity index (χ1n) is 5.02. The van der Waals surface area contributed by atoms with Crippen molar-refractivity contribution < 1.29 is 0 Å². The van der Waals surface area contributed by atoms with E-state index in [0.29, 0.717) is 18.8 Å². The fourth-order valence-electron chi connectivity index (χ4n) is 1.54. The molecule has 16 heavy (non-hydrogen) atoms. The zero-order valence-corrected chi connectivity index (χ0v) is 8.80. The van der Waals surface area contributed by atoms with Crippen molar-refractivity contribution in [2.45, 2.75) is 13.0 Å². The molecule has 0 unspecified atom stereocenters. The molecule has 80 valence electrons. The van der Waals surface area contributed by atoms with E-state index in [4.69, 9.17) is 11.0 Å². The van der Waals surface area contributed by atoms with Gasteiger partial charge in [-0.05, 0) is 5.56 Å². The van der Waals surface area contributed by atoms with Crippen LogP contribution in [0.5, 0.6) is 0 Å². The Morgan fingerprint density at radius 1 is 1.31 bits per heavy atom. The van der Waals surface area contributed by atoms with Crippen LogP contribution in [0, 0.1) is 11.3 Å².